The normalized spacial score (nSPS) is 10.9. The number of sulfonamides is 1. The average molecular weight is 401 g/mol. The Balaban J connectivity index is 1.61. The summed E-state index contributed by atoms with van der Waals surface area (Å²) in [5.74, 6) is 6.07. The maximum absolute atomic E-state index is 12.8. The Bertz CT molecular complexity index is 1410. The third-order valence-electron chi connectivity index (χ3n) is 4.14. The molecule has 0 saturated carbocycles. The highest BCUT2D eigenvalue weighted by atomic mass is 32.2. The maximum Gasteiger partial charge on any atom is 0.336 e. The molecule has 0 aliphatic rings. The lowest BCUT2D eigenvalue weighted by Crippen LogP contribution is -2.13. The van der Waals surface area contributed by atoms with Crippen molar-refractivity contribution < 1.29 is 12.8 Å². The lowest BCUT2D eigenvalue weighted by Gasteiger charge is -2.09. The first kappa shape index (κ1) is 18.5. The molecular formula is C23H15NO4S. The molecule has 0 unspecified atom stereocenters. The van der Waals surface area contributed by atoms with Gasteiger partial charge in [0.05, 0.1) is 10.6 Å². The molecule has 3 aromatic carbocycles. The minimum atomic E-state index is -3.82. The molecule has 0 spiro atoms. The topological polar surface area (TPSA) is 76.4 Å². The molecule has 142 valence electrons. The molecule has 0 aliphatic carbocycles. The molecule has 0 atom stereocenters. The third kappa shape index (κ3) is 4.37. The van der Waals surface area contributed by atoms with Crippen molar-refractivity contribution in [1.29, 1.82) is 0 Å². The van der Waals surface area contributed by atoms with E-state index in [1.165, 1.54) is 30.3 Å². The van der Waals surface area contributed by atoms with Gasteiger partial charge in [0, 0.05) is 22.6 Å². The zero-order chi connectivity index (χ0) is 20.3. The Hall–Kier alpha value is -3.82. The molecule has 0 bridgehead atoms. The van der Waals surface area contributed by atoms with Gasteiger partial charge in [-0.3, -0.25) is 4.72 Å². The van der Waals surface area contributed by atoms with Crippen LogP contribution in [-0.2, 0) is 10.0 Å². The van der Waals surface area contributed by atoms with E-state index in [0.717, 1.165) is 5.56 Å². The fourth-order valence-electron chi connectivity index (χ4n) is 2.76. The molecule has 4 rings (SSSR count). The number of hydrogen-bond donors (Lipinski definition) is 1. The summed E-state index contributed by atoms with van der Waals surface area (Å²) in [6.07, 6.45) is 0. The smallest absolute Gasteiger partial charge is 0.336 e. The molecule has 1 N–H and O–H groups in total. The van der Waals surface area contributed by atoms with Crippen molar-refractivity contribution in [3.8, 4) is 11.8 Å². The van der Waals surface area contributed by atoms with Crippen molar-refractivity contribution in [3.63, 3.8) is 0 Å². The summed E-state index contributed by atoms with van der Waals surface area (Å²) in [6, 6.07) is 23.5. The summed E-state index contributed by atoms with van der Waals surface area (Å²) in [4.78, 5) is 11.3. The van der Waals surface area contributed by atoms with Crippen LogP contribution < -0.4 is 10.3 Å². The highest BCUT2D eigenvalue weighted by Crippen LogP contribution is 2.21. The second kappa shape index (κ2) is 7.66. The average Bonchev–Trinajstić information content (AvgIpc) is 2.72. The first-order valence-electron chi connectivity index (χ1n) is 8.73. The van der Waals surface area contributed by atoms with Gasteiger partial charge in [-0.2, -0.15) is 0 Å². The van der Waals surface area contributed by atoms with E-state index in [1.54, 1.807) is 18.2 Å². The number of anilines is 1. The summed E-state index contributed by atoms with van der Waals surface area (Å²) in [5, 5.41) is 0.523. The van der Waals surface area contributed by atoms with E-state index in [1.807, 2.05) is 36.4 Å². The van der Waals surface area contributed by atoms with Gasteiger partial charge in [-0.15, -0.1) is 0 Å². The van der Waals surface area contributed by atoms with E-state index in [0.29, 0.717) is 22.2 Å². The summed E-state index contributed by atoms with van der Waals surface area (Å²) in [7, 11) is -3.82. The second-order valence-corrected chi connectivity index (χ2v) is 7.94. The van der Waals surface area contributed by atoms with Gasteiger partial charge >= 0.3 is 5.63 Å². The van der Waals surface area contributed by atoms with Crippen LogP contribution in [0.25, 0.3) is 11.0 Å². The molecular weight excluding hydrogens is 386 g/mol. The van der Waals surface area contributed by atoms with E-state index < -0.39 is 15.6 Å². The molecule has 1 aromatic heterocycles. The largest absolute Gasteiger partial charge is 0.423 e. The summed E-state index contributed by atoms with van der Waals surface area (Å²) < 4.78 is 33.1. The number of benzene rings is 3. The van der Waals surface area contributed by atoms with Crippen LogP contribution in [0.3, 0.4) is 0 Å². The lowest BCUT2D eigenvalue weighted by atomic mass is 10.2. The number of nitrogens with one attached hydrogen (secondary N) is 1. The van der Waals surface area contributed by atoms with Crippen LogP contribution in [-0.4, -0.2) is 8.42 Å². The van der Waals surface area contributed by atoms with Crippen LogP contribution in [0.1, 0.15) is 11.1 Å². The van der Waals surface area contributed by atoms with Gasteiger partial charge in [0.15, 0.2) is 0 Å². The first-order chi connectivity index (χ1) is 14.0. The third-order valence-corrected chi connectivity index (χ3v) is 5.52. The Labute approximate surface area is 167 Å². The van der Waals surface area contributed by atoms with Crippen LogP contribution in [0, 0.1) is 11.8 Å². The Morgan fingerprint density at radius 1 is 0.759 bits per heavy atom. The fraction of sp³-hybridized carbons (Fsp3) is 0. The second-order valence-electron chi connectivity index (χ2n) is 6.26. The Morgan fingerprint density at radius 2 is 1.52 bits per heavy atom. The molecule has 0 fully saturated rings. The van der Waals surface area contributed by atoms with Gasteiger partial charge in [0.25, 0.3) is 10.0 Å². The summed E-state index contributed by atoms with van der Waals surface area (Å²) >= 11 is 0. The molecule has 0 saturated heterocycles. The van der Waals surface area contributed by atoms with E-state index in [-0.39, 0.29) is 4.90 Å². The minimum Gasteiger partial charge on any atom is -0.423 e. The van der Waals surface area contributed by atoms with Gasteiger partial charge < -0.3 is 4.42 Å². The van der Waals surface area contributed by atoms with E-state index in [4.69, 9.17) is 4.42 Å². The van der Waals surface area contributed by atoms with Gasteiger partial charge in [-0.1, -0.05) is 36.1 Å². The number of fused-ring (bicyclic) bond motifs is 1. The van der Waals surface area contributed by atoms with E-state index in [9.17, 15) is 13.2 Å². The van der Waals surface area contributed by atoms with Crippen molar-refractivity contribution in [2.45, 2.75) is 4.90 Å². The van der Waals surface area contributed by atoms with E-state index in [2.05, 4.69) is 16.6 Å². The van der Waals surface area contributed by atoms with Gasteiger partial charge in [-0.25, -0.2) is 13.2 Å². The Morgan fingerprint density at radius 3 is 2.34 bits per heavy atom. The highest BCUT2D eigenvalue weighted by Gasteiger charge is 2.15. The lowest BCUT2D eigenvalue weighted by molar-refractivity contribution is 0.560. The molecule has 4 aromatic rings. The first-order valence-corrected chi connectivity index (χ1v) is 10.2. The standard InChI is InChI=1S/C23H15NO4S/c25-23-14-11-19-16-21(12-13-22(19)28-23)29(26,27)24-20-8-4-7-18(15-20)10-9-17-5-2-1-3-6-17/h1-8,11-16,24H. The van der Waals surface area contributed by atoms with Gasteiger partial charge in [0.1, 0.15) is 5.58 Å². The van der Waals surface area contributed by atoms with Crippen LogP contribution in [0.5, 0.6) is 0 Å². The van der Waals surface area contributed by atoms with Crippen LogP contribution in [0.15, 0.2) is 99.0 Å². The maximum atomic E-state index is 12.8. The SMILES string of the molecule is O=c1ccc2cc(S(=O)(=O)Nc3cccc(C#Cc4ccccc4)c3)ccc2o1. The molecule has 0 amide bonds. The van der Waals surface area contributed by atoms with Gasteiger partial charge in [-0.05, 0) is 54.6 Å². The van der Waals surface area contributed by atoms with Crippen molar-refractivity contribution in [2.75, 3.05) is 4.72 Å². The van der Waals surface area contributed by atoms with Crippen molar-refractivity contribution in [3.05, 3.63) is 106 Å². The predicted molar refractivity (Wildman–Crippen MR) is 112 cm³/mol. The Kier molecular flexibility index (Phi) is 4.90. The van der Waals surface area contributed by atoms with Crippen LogP contribution >= 0.6 is 0 Å². The quantitative estimate of drug-likeness (QED) is 0.416. The van der Waals surface area contributed by atoms with Crippen LogP contribution in [0.4, 0.5) is 5.69 Å². The number of hydrogen-bond acceptors (Lipinski definition) is 4. The highest BCUT2D eigenvalue weighted by molar-refractivity contribution is 7.92. The predicted octanol–water partition coefficient (Wildman–Crippen LogP) is 3.99. The summed E-state index contributed by atoms with van der Waals surface area (Å²) in [5.41, 5.74) is 1.81. The number of rotatable bonds is 3. The zero-order valence-electron chi connectivity index (χ0n) is 15.1. The molecule has 0 radical (unpaired) electrons. The van der Waals surface area contributed by atoms with Crippen molar-refractivity contribution in [1.82, 2.24) is 0 Å². The molecule has 6 heteroatoms. The molecule has 0 aliphatic heterocycles. The minimum absolute atomic E-state index is 0.0691. The zero-order valence-corrected chi connectivity index (χ0v) is 15.9. The van der Waals surface area contributed by atoms with Crippen molar-refractivity contribution in [2.24, 2.45) is 0 Å². The summed E-state index contributed by atoms with van der Waals surface area (Å²) in [6.45, 7) is 0. The fourth-order valence-corrected chi connectivity index (χ4v) is 3.84. The molecule has 5 nitrogen and oxygen atoms in total. The van der Waals surface area contributed by atoms with E-state index >= 15 is 0 Å². The van der Waals surface area contributed by atoms with Gasteiger partial charge in [0.2, 0.25) is 0 Å². The molecule has 1 heterocycles. The molecule has 29 heavy (non-hydrogen) atoms. The van der Waals surface area contributed by atoms with Crippen molar-refractivity contribution >= 4 is 26.7 Å². The van der Waals surface area contributed by atoms with Crippen LogP contribution in [0.2, 0.25) is 0 Å². The monoisotopic (exact) mass is 401 g/mol.